The number of fused-ring (bicyclic) bond motifs is 1. The number of H-pyrrole nitrogens is 1. The van der Waals surface area contributed by atoms with Crippen molar-refractivity contribution in [2.45, 2.75) is 19.4 Å². The van der Waals surface area contributed by atoms with Crippen LogP contribution in [0.3, 0.4) is 0 Å². The first-order valence-electron chi connectivity index (χ1n) is 6.32. The fraction of sp³-hybridized carbons (Fsp3) is 0.188. The molecule has 3 aromatic rings. The van der Waals surface area contributed by atoms with E-state index in [1.165, 1.54) is 10.8 Å². The van der Waals surface area contributed by atoms with Crippen LogP contribution in [-0.2, 0) is 5.60 Å². The first-order valence-corrected chi connectivity index (χ1v) is 6.32. The topological polar surface area (TPSA) is 48.9 Å². The standard InChI is InChI=1S/C16H16N2O/c1-16(2,19)15-17-10-14(18-15)13-9-5-7-11-6-3-4-8-12(11)13/h3-10,19H,1-2H3,(H,17,18). The van der Waals surface area contributed by atoms with Gasteiger partial charge in [0, 0.05) is 5.56 Å². The molecule has 96 valence electrons. The maximum absolute atomic E-state index is 9.97. The van der Waals surface area contributed by atoms with Gasteiger partial charge in [-0.1, -0.05) is 42.5 Å². The molecule has 3 nitrogen and oxygen atoms in total. The van der Waals surface area contributed by atoms with E-state index < -0.39 is 5.60 Å². The number of rotatable bonds is 2. The first kappa shape index (κ1) is 11.9. The average Bonchev–Trinajstić information content (AvgIpc) is 2.87. The molecule has 0 aliphatic rings. The maximum Gasteiger partial charge on any atom is 0.138 e. The average molecular weight is 252 g/mol. The molecule has 0 spiro atoms. The summed E-state index contributed by atoms with van der Waals surface area (Å²) in [6, 6.07) is 14.4. The molecule has 1 aromatic heterocycles. The zero-order valence-corrected chi connectivity index (χ0v) is 11.0. The summed E-state index contributed by atoms with van der Waals surface area (Å²) in [5, 5.41) is 12.3. The molecule has 0 saturated heterocycles. The molecule has 1 heterocycles. The Balaban J connectivity index is 2.17. The highest BCUT2D eigenvalue weighted by atomic mass is 16.3. The number of nitrogens with zero attached hydrogens (tertiary/aromatic N) is 1. The van der Waals surface area contributed by atoms with Gasteiger partial charge in [-0.25, -0.2) is 4.98 Å². The van der Waals surface area contributed by atoms with Crippen LogP contribution in [0, 0.1) is 0 Å². The van der Waals surface area contributed by atoms with Gasteiger partial charge in [-0.2, -0.15) is 0 Å². The smallest absolute Gasteiger partial charge is 0.138 e. The number of aromatic nitrogens is 2. The summed E-state index contributed by atoms with van der Waals surface area (Å²) in [7, 11) is 0. The van der Waals surface area contributed by atoms with Gasteiger partial charge in [0.05, 0.1) is 11.9 Å². The normalized spacial score (nSPS) is 11.9. The van der Waals surface area contributed by atoms with E-state index in [0.717, 1.165) is 11.3 Å². The lowest BCUT2D eigenvalue weighted by molar-refractivity contribution is 0.0697. The van der Waals surface area contributed by atoms with E-state index in [4.69, 9.17) is 0 Å². The van der Waals surface area contributed by atoms with Gasteiger partial charge in [-0.3, -0.25) is 0 Å². The Hall–Kier alpha value is -2.13. The summed E-state index contributed by atoms with van der Waals surface area (Å²) in [5.41, 5.74) is 1.07. The number of aromatic amines is 1. The molecular formula is C16H16N2O. The summed E-state index contributed by atoms with van der Waals surface area (Å²) >= 11 is 0. The van der Waals surface area contributed by atoms with Crippen molar-refractivity contribution < 1.29 is 5.11 Å². The van der Waals surface area contributed by atoms with Gasteiger partial charge in [-0.05, 0) is 24.6 Å². The highest BCUT2D eigenvalue weighted by molar-refractivity contribution is 5.95. The number of imidazole rings is 1. The van der Waals surface area contributed by atoms with Crippen molar-refractivity contribution in [1.29, 1.82) is 0 Å². The summed E-state index contributed by atoms with van der Waals surface area (Å²) in [4.78, 5) is 7.47. The van der Waals surface area contributed by atoms with Gasteiger partial charge in [0.2, 0.25) is 0 Å². The molecule has 0 fully saturated rings. The van der Waals surface area contributed by atoms with Crippen LogP contribution in [0.2, 0.25) is 0 Å². The van der Waals surface area contributed by atoms with Crippen LogP contribution in [0.15, 0.2) is 48.7 Å². The van der Waals surface area contributed by atoms with Gasteiger partial charge >= 0.3 is 0 Å². The van der Waals surface area contributed by atoms with Gasteiger partial charge in [0.25, 0.3) is 0 Å². The molecule has 3 heteroatoms. The fourth-order valence-corrected chi connectivity index (χ4v) is 2.23. The lowest BCUT2D eigenvalue weighted by Crippen LogP contribution is -2.17. The van der Waals surface area contributed by atoms with E-state index in [1.807, 2.05) is 18.2 Å². The van der Waals surface area contributed by atoms with Crippen LogP contribution in [0.4, 0.5) is 0 Å². The molecule has 2 aromatic carbocycles. The Kier molecular flexibility index (Phi) is 2.64. The monoisotopic (exact) mass is 252 g/mol. The molecule has 0 bridgehead atoms. The molecule has 0 atom stereocenters. The zero-order valence-electron chi connectivity index (χ0n) is 11.0. The summed E-state index contributed by atoms with van der Waals surface area (Å²) in [5.74, 6) is 0.579. The Morgan fingerprint density at radius 1 is 1.05 bits per heavy atom. The lowest BCUT2D eigenvalue weighted by Gasteiger charge is -2.13. The van der Waals surface area contributed by atoms with E-state index >= 15 is 0 Å². The second-order valence-electron chi connectivity index (χ2n) is 5.23. The Morgan fingerprint density at radius 3 is 2.53 bits per heavy atom. The van der Waals surface area contributed by atoms with E-state index in [0.29, 0.717) is 5.82 Å². The molecule has 0 aliphatic heterocycles. The van der Waals surface area contributed by atoms with Crippen molar-refractivity contribution >= 4 is 10.8 Å². The van der Waals surface area contributed by atoms with Crippen LogP contribution >= 0.6 is 0 Å². The fourth-order valence-electron chi connectivity index (χ4n) is 2.23. The van der Waals surface area contributed by atoms with Crippen LogP contribution in [0.5, 0.6) is 0 Å². The zero-order chi connectivity index (χ0) is 13.5. The van der Waals surface area contributed by atoms with E-state index in [-0.39, 0.29) is 0 Å². The Morgan fingerprint density at radius 2 is 1.79 bits per heavy atom. The van der Waals surface area contributed by atoms with Crippen LogP contribution in [-0.4, -0.2) is 15.1 Å². The van der Waals surface area contributed by atoms with Crippen molar-refractivity contribution in [3.8, 4) is 11.3 Å². The molecular weight excluding hydrogens is 236 g/mol. The first-order chi connectivity index (χ1) is 9.05. The molecule has 3 rings (SSSR count). The number of aliphatic hydroxyl groups is 1. The van der Waals surface area contributed by atoms with Gasteiger partial charge < -0.3 is 10.1 Å². The number of hydrogen-bond donors (Lipinski definition) is 2. The van der Waals surface area contributed by atoms with Crippen LogP contribution < -0.4 is 0 Å². The summed E-state index contributed by atoms with van der Waals surface area (Å²) in [6.07, 6.45) is 1.77. The predicted molar refractivity (Wildman–Crippen MR) is 76.8 cm³/mol. The third-order valence-corrected chi connectivity index (χ3v) is 3.24. The third kappa shape index (κ3) is 2.13. The third-order valence-electron chi connectivity index (χ3n) is 3.24. The molecule has 0 radical (unpaired) electrons. The van der Waals surface area contributed by atoms with Gasteiger partial charge in [-0.15, -0.1) is 0 Å². The highest BCUT2D eigenvalue weighted by Gasteiger charge is 2.20. The number of hydrogen-bond acceptors (Lipinski definition) is 2. The summed E-state index contributed by atoms with van der Waals surface area (Å²) < 4.78 is 0. The quantitative estimate of drug-likeness (QED) is 0.733. The Bertz CT molecular complexity index is 717. The van der Waals surface area contributed by atoms with Crippen LogP contribution in [0.25, 0.3) is 22.0 Å². The number of benzene rings is 2. The highest BCUT2D eigenvalue weighted by Crippen LogP contribution is 2.28. The lowest BCUT2D eigenvalue weighted by atomic mass is 10.0. The largest absolute Gasteiger partial charge is 0.383 e. The van der Waals surface area contributed by atoms with Crippen LogP contribution in [0.1, 0.15) is 19.7 Å². The van der Waals surface area contributed by atoms with Gasteiger partial charge in [0.15, 0.2) is 0 Å². The Labute approximate surface area is 111 Å². The van der Waals surface area contributed by atoms with Crippen molar-refractivity contribution in [2.75, 3.05) is 0 Å². The molecule has 2 N–H and O–H groups in total. The van der Waals surface area contributed by atoms with Gasteiger partial charge in [0.1, 0.15) is 11.4 Å². The van der Waals surface area contributed by atoms with E-state index in [2.05, 4.69) is 34.2 Å². The minimum atomic E-state index is -0.956. The maximum atomic E-state index is 9.97. The van der Waals surface area contributed by atoms with Crippen molar-refractivity contribution in [1.82, 2.24) is 9.97 Å². The molecule has 0 aliphatic carbocycles. The van der Waals surface area contributed by atoms with Crippen molar-refractivity contribution in [3.05, 3.63) is 54.5 Å². The van der Waals surface area contributed by atoms with Crippen molar-refractivity contribution in [2.24, 2.45) is 0 Å². The second kappa shape index (κ2) is 4.21. The summed E-state index contributed by atoms with van der Waals surface area (Å²) in [6.45, 7) is 3.44. The minimum Gasteiger partial charge on any atom is -0.383 e. The minimum absolute atomic E-state index is 0.579. The predicted octanol–water partition coefficient (Wildman–Crippen LogP) is 3.46. The SMILES string of the molecule is CC(C)(O)c1ncc(-c2cccc3ccccc23)[nH]1. The molecule has 0 unspecified atom stereocenters. The molecule has 0 saturated carbocycles. The van der Waals surface area contributed by atoms with Crippen molar-refractivity contribution in [3.63, 3.8) is 0 Å². The number of nitrogens with one attached hydrogen (secondary N) is 1. The molecule has 19 heavy (non-hydrogen) atoms. The van der Waals surface area contributed by atoms with E-state index in [9.17, 15) is 5.11 Å². The van der Waals surface area contributed by atoms with E-state index in [1.54, 1.807) is 20.0 Å². The second-order valence-corrected chi connectivity index (χ2v) is 5.23. The molecule has 0 amide bonds.